The van der Waals surface area contributed by atoms with Gasteiger partial charge in [-0.25, -0.2) is 4.98 Å². The van der Waals surface area contributed by atoms with E-state index in [0.717, 1.165) is 28.3 Å². The van der Waals surface area contributed by atoms with Gasteiger partial charge in [-0.15, -0.1) is 11.3 Å². The van der Waals surface area contributed by atoms with Gasteiger partial charge in [0.25, 0.3) is 0 Å². The van der Waals surface area contributed by atoms with Crippen LogP contribution in [-0.4, -0.2) is 17.8 Å². The molecule has 0 unspecified atom stereocenters. The molecule has 3 rings (SSSR count). The zero-order valence-corrected chi connectivity index (χ0v) is 15.6. The first-order valence-electron chi connectivity index (χ1n) is 8.02. The van der Waals surface area contributed by atoms with Crippen molar-refractivity contribution in [3.63, 3.8) is 0 Å². The Morgan fingerprint density at radius 1 is 1.19 bits per heavy atom. The van der Waals surface area contributed by atoms with Crippen molar-refractivity contribution in [3.05, 3.63) is 64.0 Å². The summed E-state index contributed by atoms with van der Waals surface area (Å²) in [4.78, 5) is 4.54. The number of nitriles is 1. The number of rotatable bonds is 5. The molecule has 0 aliphatic rings. The largest absolute Gasteiger partial charge is 0.497 e. The first kappa shape index (κ1) is 17.6. The molecule has 130 valence electrons. The lowest BCUT2D eigenvalue weighted by atomic mass is 10.1. The molecule has 3 aromatic rings. The van der Waals surface area contributed by atoms with Crippen LogP contribution in [0.15, 0.2) is 52.9 Å². The summed E-state index contributed by atoms with van der Waals surface area (Å²) >= 11 is 1.39. The Bertz CT molecular complexity index is 984. The standard InChI is InChI=1S/C20H18N4OS/c1-13-4-9-17(14(2)10-13)23-24-18(11-21)20-22-19(12-26-20)15-5-7-16(25-3)8-6-15/h4-10,12,23H,1-3H3/b24-18-. The molecule has 6 heteroatoms. The molecule has 1 heterocycles. The summed E-state index contributed by atoms with van der Waals surface area (Å²) in [6.07, 6.45) is 0. The van der Waals surface area contributed by atoms with Crippen LogP contribution in [-0.2, 0) is 0 Å². The van der Waals surface area contributed by atoms with Crippen molar-refractivity contribution in [2.24, 2.45) is 5.10 Å². The minimum Gasteiger partial charge on any atom is -0.497 e. The van der Waals surface area contributed by atoms with Crippen molar-refractivity contribution in [3.8, 4) is 23.1 Å². The molecule has 1 aromatic heterocycles. The van der Waals surface area contributed by atoms with Gasteiger partial charge in [0.1, 0.15) is 11.8 Å². The Labute approximate surface area is 156 Å². The highest BCUT2D eigenvalue weighted by Gasteiger charge is 2.11. The average Bonchev–Trinajstić information content (AvgIpc) is 3.14. The zero-order valence-electron chi connectivity index (χ0n) is 14.8. The third-order valence-corrected chi connectivity index (χ3v) is 4.72. The van der Waals surface area contributed by atoms with Crippen molar-refractivity contribution < 1.29 is 4.74 Å². The molecule has 0 atom stereocenters. The van der Waals surface area contributed by atoms with E-state index in [1.165, 1.54) is 16.9 Å². The van der Waals surface area contributed by atoms with E-state index in [2.05, 4.69) is 27.6 Å². The lowest BCUT2D eigenvalue weighted by molar-refractivity contribution is 0.415. The van der Waals surface area contributed by atoms with Gasteiger partial charge in [0, 0.05) is 10.9 Å². The molecule has 0 aliphatic carbocycles. The fourth-order valence-electron chi connectivity index (χ4n) is 2.45. The number of aryl methyl sites for hydroxylation is 2. The molecule has 5 nitrogen and oxygen atoms in total. The molecule has 0 fully saturated rings. The van der Waals surface area contributed by atoms with E-state index in [-0.39, 0.29) is 5.71 Å². The van der Waals surface area contributed by atoms with Crippen LogP contribution in [0.5, 0.6) is 5.75 Å². The van der Waals surface area contributed by atoms with Crippen LogP contribution < -0.4 is 10.2 Å². The van der Waals surface area contributed by atoms with Gasteiger partial charge in [0.2, 0.25) is 0 Å². The van der Waals surface area contributed by atoms with Crippen LogP contribution in [0.3, 0.4) is 0 Å². The highest BCUT2D eigenvalue weighted by atomic mass is 32.1. The predicted molar refractivity (Wildman–Crippen MR) is 106 cm³/mol. The molecule has 1 N–H and O–H groups in total. The third-order valence-electron chi connectivity index (χ3n) is 3.87. The Morgan fingerprint density at radius 2 is 1.96 bits per heavy atom. The van der Waals surface area contributed by atoms with Gasteiger partial charge in [0.05, 0.1) is 18.5 Å². The van der Waals surface area contributed by atoms with Crippen LogP contribution in [0.2, 0.25) is 0 Å². The van der Waals surface area contributed by atoms with Gasteiger partial charge in [-0.05, 0) is 49.7 Å². The number of hydrazone groups is 1. The molecule has 0 saturated carbocycles. The van der Waals surface area contributed by atoms with Gasteiger partial charge >= 0.3 is 0 Å². The number of anilines is 1. The topological polar surface area (TPSA) is 70.3 Å². The summed E-state index contributed by atoms with van der Waals surface area (Å²) in [5, 5.41) is 16.2. The summed E-state index contributed by atoms with van der Waals surface area (Å²) in [7, 11) is 1.63. The lowest BCUT2D eigenvalue weighted by Crippen LogP contribution is -2.02. The molecular weight excluding hydrogens is 344 g/mol. The molecule has 0 aliphatic heterocycles. The van der Waals surface area contributed by atoms with Gasteiger partial charge in [-0.3, -0.25) is 5.43 Å². The number of benzene rings is 2. The minimum atomic E-state index is 0.259. The van der Waals surface area contributed by atoms with Crippen molar-refractivity contribution in [2.45, 2.75) is 13.8 Å². The second-order valence-corrected chi connectivity index (χ2v) is 6.63. The molecule has 0 spiro atoms. The maximum absolute atomic E-state index is 9.45. The Balaban J connectivity index is 1.82. The molecule has 0 amide bonds. The van der Waals surface area contributed by atoms with E-state index in [9.17, 15) is 5.26 Å². The van der Waals surface area contributed by atoms with Gasteiger partial charge in [-0.1, -0.05) is 17.7 Å². The number of nitrogens with one attached hydrogen (secondary N) is 1. The molecule has 0 bridgehead atoms. The number of aromatic nitrogens is 1. The van der Waals surface area contributed by atoms with Crippen LogP contribution in [0, 0.1) is 25.2 Å². The molecule has 2 aromatic carbocycles. The number of hydrogen-bond acceptors (Lipinski definition) is 6. The Morgan fingerprint density at radius 3 is 2.62 bits per heavy atom. The van der Waals surface area contributed by atoms with E-state index in [1.54, 1.807) is 7.11 Å². The first-order chi connectivity index (χ1) is 12.6. The number of methoxy groups -OCH3 is 1. The number of thiazole rings is 1. The monoisotopic (exact) mass is 362 g/mol. The summed E-state index contributed by atoms with van der Waals surface area (Å²) < 4.78 is 5.17. The quantitative estimate of drug-likeness (QED) is 0.524. The van der Waals surface area contributed by atoms with Crippen molar-refractivity contribution in [1.29, 1.82) is 5.26 Å². The molecule has 26 heavy (non-hydrogen) atoms. The van der Waals surface area contributed by atoms with Crippen molar-refractivity contribution in [2.75, 3.05) is 12.5 Å². The minimum absolute atomic E-state index is 0.259. The van der Waals surface area contributed by atoms with Crippen molar-refractivity contribution in [1.82, 2.24) is 4.98 Å². The van der Waals surface area contributed by atoms with Gasteiger partial charge < -0.3 is 4.74 Å². The fourth-order valence-corrected chi connectivity index (χ4v) is 3.22. The first-order valence-corrected chi connectivity index (χ1v) is 8.90. The molecular formula is C20H18N4OS. The van der Waals surface area contributed by atoms with E-state index >= 15 is 0 Å². The number of hydrogen-bond donors (Lipinski definition) is 1. The number of nitrogens with zero attached hydrogens (tertiary/aromatic N) is 3. The highest BCUT2D eigenvalue weighted by Crippen LogP contribution is 2.24. The summed E-state index contributed by atoms with van der Waals surface area (Å²) in [6.45, 7) is 4.04. The highest BCUT2D eigenvalue weighted by molar-refractivity contribution is 7.12. The van der Waals surface area contributed by atoms with Gasteiger partial charge in [0.15, 0.2) is 10.7 Å². The maximum Gasteiger partial charge on any atom is 0.196 e. The van der Waals surface area contributed by atoms with E-state index in [4.69, 9.17) is 4.74 Å². The SMILES string of the molecule is COc1ccc(-c2csc(/C(C#N)=N\Nc3ccc(C)cc3C)n2)cc1. The predicted octanol–water partition coefficient (Wildman–Crippen LogP) is 4.78. The van der Waals surface area contributed by atoms with E-state index < -0.39 is 0 Å². The second kappa shape index (κ2) is 7.81. The lowest BCUT2D eigenvalue weighted by Gasteiger charge is -2.05. The fraction of sp³-hybridized carbons (Fsp3) is 0.150. The normalized spacial score (nSPS) is 11.1. The summed E-state index contributed by atoms with van der Waals surface area (Å²) in [5.74, 6) is 0.793. The van der Waals surface area contributed by atoms with Crippen LogP contribution >= 0.6 is 11.3 Å². The second-order valence-electron chi connectivity index (χ2n) is 5.77. The van der Waals surface area contributed by atoms with Crippen LogP contribution in [0.1, 0.15) is 16.1 Å². The average molecular weight is 362 g/mol. The van der Waals surface area contributed by atoms with Crippen LogP contribution in [0.4, 0.5) is 5.69 Å². The summed E-state index contributed by atoms with van der Waals surface area (Å²) in [6, 6.07) is 15.8. The smallest absolute Gasteiger partial charge is 0.196 e. The third kappa shape index (κ3) is 3.90. The van der Waals surface area contributed by atoms with Gasteiger partial charge in [-0.2, -0.15) is 10.4 Å². The Kier molecular flexibility index (Phi) is 5.30. The maximum atomic E-state index is 9.45. The van der Waals surface area contributed by atoms with Crippen molar-refractivity contribution >= 4 is 22.7 Å². The van der Waals surface area contributed by atoms with Crippen LogP contribution in [0.25, 0.3) is 11.3 Å². The number of ether oxygens (including phenoxy) is 1. The zero-order chi connectivity index (χ0) is 18.5. The van der Waals surface area contributed by atoms with E-state index in [0.29, 0.717) is 5.01 Å². The molecule has 0 saturated heterocycles. The molecule has 0 radical (unpaired) electrons. The Hall–Kier alpha value is -3.17. The van der Waals surface area contributed by atoms with E-state index in [1.807, 2.05) is 55.6 Å². The summed E-state index contributed by atoms with van der Waals surface area (Å²) in [5.41, 5.74) is 8.13.